The second kappa shape index (κ2) is 8.18. The molecule has 146 valence electrons. The average molecular weight is 448 g/mol. The molecule has 11 heteroatoms. The molecular formula is C18H11Cl2N5O3S. The topological polar surface area (TPSA) is 99.4 Å². The molecule has 0 bridgehead atoms. The van der Waals surface area contributed by atoms with E-state index in [9.17, 15) is 9.90 Å². The lowest BCUT2D eigenvalue weighted by atomic mass is 10.2. The van der Waals surface area contributed by atoms with Gasteiger partial charge in [-0.2, -0.15) is 0 Å². The third-order valence-corrected chi connectivity index (χ3v) is 5.12. The van der Waals surface area contributed by atoms with Crippen LogP contribution < -0.4 is 10.6 Å². The van der Waals surface area contributed by atoms with Crippen LogP contribution in [0, 0.1) is 0 Å². The first-order valence-electron chi connectivity index (χ1n) is 8.11. The smallest absolute Gasteiger partial charge is 0.327 e. The predicted octanol–water partition coefficient (Wildman–Crippen LogP) is 5.51. The number of hydrazine groups is 1. The Bertz CT molecular complexity index is 1130. The Kier molecular flexibility index (Phi) is 5.45. The lowest BCUT2D eigenvalue weighted by molar-refractivity contribution is 0.0461. The van der Waals surface area contributed by atoms with Gasteiger partial charge >= 0.3 is 5.95 Å². The SMILES string of the molecule is O=C(N=Nc1nc(C2=C(O)ONN2c2ccc(Cl)cc2)cs1)c1ccccc1Cl. The zero-order valence-electron chi connectivity index (χ0n) is 14.4. The van der Waals surface area contributed by atoms with Crippen LogP contribution in [0.1, 0.15) is 16.1 Å². The fraction of sp³-hybridized carbons (Fsp3) is 0. The van der Waals surface area contributed by atoms with Crippen LogP contribution in [0.2, 0.25) is 10.0 Å². The molecule has 0 saturated heterocycles. The number of aliphatic hydroxyl groups is 1. The molecule has 2 N–H and O–H groups in total. The summed E-state index contributed by atoms with van der Waals surface area (Å²) in [4.78, 5) is 21.5. The zero-order valence-corrected chi connectivity index (χ0v) is 16.7. The number of carbonyl (C=O) groups is 1. The largest absolute Gasteiger partial charge is 0.478 e. The van der Waals surface area contributed by atoms with Gasteiger partial charge in [0, 0.05) is 10.4 Å². The summed E-state index contributed by atoms with van der Waals surface area (Å²) in [5.74, 6) is -0.941. The number of benzene rings is 2. The second-order valence-corrected chi connectivity index (χ2v) is 7.34. The Hall–Kier alpha value is -2.98. The molecule has 0 unspecified atom stereocenters. The third-order valence-electron chi connectivity index (χ3n) is 3.81. The van der Waals surface area contributed by atoms with E-state index in [1.807, 2.05) is 0 Å². The summed E-state index contributed by atoms with van der Waals surface area (Å²) >= 11 is 13.1. The Morgan fingerprint density at radius 3 is 2.69 bits per heavy atom. The monoisotopic (exact) mass is 447 g/mol. The Morgan fingerprint density at radius 2 is 1.93 bits per heavy atom. The summed E-state index contributed by atoms with van der Waals surface area (Å²) in [7, 11) is 0. The minimum absolute atomic E-state index is 0.226. The molecule has 29 heavy (non-hydrogen) atoms. The molecule has 0 radical (unpaired) electrons. The standard InChI is InChI=1S/C18H11Cl2N5O3S/c19-10-5-7-11(8-6-10)25-15(17(27)28-24-25)14-9-29-18(21-14)23-22-16(26)12-3-1-2-4-13(12)20/h1-9,24,27H. The number of amides is 1. The van der Waals surface area contributed by atoms with Crippen molar-refractivity contribution in [2.24, 2.45) is 10.2 Å². The number of thiazole rings is 1. The van der Waals surface area contributed by atoms with Crippen molar-refractivity contribution >= 4 is 57.0 Å². The number of carbonyl (C=O) groups excluding carboxylic acids is 1. The maximum absolute atomic E-state index is 12.2. The fourth-order valence-electron chi connectivity index (χ4n) is 2.47. The molecule has 0 saturated carbocycles. The summed E-state index contributed by atoms with van der Waals surface area (Å²) in [5, 5.41) is 21.9. The molecule has 0 aliphatic carbocycles. The number of hydrogen-bond donors (Lipinski definition) is 2. The van der Waals surface area contributed by atoms with Gasteiger partial charge in [0.1, 0.15) is 5.69 Å². The second-order valence-electron chi connectivity index (χ2n) is 5.66. The normalized spacial score (nSPS) is 13.9. The van der Waals surface area contributed by atoms with Crippen molar-refractivity contribution in [3.63, 3.8) is 0 Å². The van der Waals surface area contributed by atoms with E-state index in [0.29, 0.717) is 21.4 Å². The van der Waals surface area contributed by atoms with Crippen molar-refractivity contribution in [2.45, 2.75) is 0 Å². The first-order valence-corrected chi connectivity index (χ1v) is 9.74. The van der Waals surface area contributed by atoms with Gasteiger partial charge in [0.2, 0.25) is 5.13 Å². The van der Waals surface area contributed by atoms with E-state index in [4.69, 9.17) is 28.0 Å². The van der Waals surface area contributed by atoms with Gasteiger partial charge in [0.25, 0.3) is 5.91 Å². The van der Waals surface area contributed by atoms with Gasteiger partial charge in [-0.15, -0.1) is 21.6 Å². The molecular weight excluding hydrogens is 437 g/mol. The number of azo groups is 1. The van der Waals surface area contributed by atoms with E-state index < -0.39 is 5.91 Å². The van der Waals surface area contributed by atoms with Crippen LogP contribution in [0.5, 0.6) is 0 Å². The molecule has 0 atom stereocenters. The van der Waals surface area contributed by atoms with Gasteiger partial charge in [-0.25, -0.2) is 9.99 Å². The molecule has 0 fully saturated rings. The van der Waals surface area contributed by atoms with Crippen LogP contribution >= 0.6 is 34.5 Å². The van der Waals surface area contributed by atoms with E-state index in [1.165, 1.54) is 5.01 Å². The maximum Gasteiger partial charge on any atom is 0.327 e. The first-order chi connectivity index (χ1) is 14.0. The fourth-order valence-corrected chi connectivity index (χ4v) is 3.43. The van der Waals surface area contributed by atoms with Crippen molar-refractivity contribution < 1.29 is 14.7 Å². The molecule has 8 nitrogen and oxygen atoms in total. The van der Waals surface area contributed by atoms with Gasteiger partial charge in [0.15, 0.2) is 5.70 Å². The lowest BCUT2D eigenvalue weighted by Crippen LogP contribution is -2.30. The van der Waals surface area contributed by atoms with E-state index in [-0.39, 0.29) is 22.3 Å². The summed E-state index contributed by atoms with van der Waals surface area (Å²) in [5.41, 5.74) is 4.16. The highest BCUT2D eigenvalue weighted by Crippen LogP contribution is 2.33. The molecule has 1 aliphatic heterocycles. The molecule has 1 amide bonds. The van der Waals surface area contributed by atoms with Crippen LogP contribution in [-0.4, -0.2) is 16.0 Å². The summed E-state index contributed by atoms with van der Waals surface area (Å²) in [6.45, 7) is 0. The van der Waals surface area contributed by atoms with E-state index in [2.05, 4.69) is 20.8 Å². The Balaban J connectivity index is 1.56. The van der Waals surface area contributed by atoms with Crippen LogP contribution in [0.4, 0.5) is 10.8 Å². The van der Waals surface area contributed by atoms with Crippen molar-refractivity contribution in [1.29, 1.82) is 0 Å². The van der Waals surface area contributed by atoms with Crippen LogP contribution in [0.25, 0.3) is 5.70 Å². The average Bonchev–Trinajstić information content (AvgIpc) is 3.33. The van der Waals surface area contributed by atoms with Gasteiger partial charge in [-0.3, -0.25) is 4.79 Å². The highest BCUT2D eigenvalue weighted by molar-refractivity contribution is 7.13. The number of nitrogens with one attached hydrogen (secondary N) is 1. The van der Waals surface area contributed by atoms with Crippen LogP contribution in [0.15, 0.2) is 70.1 Å². The van der Waals surface area contributed by atoms with E-state index in [1.54, 1.807) is 53.9 Å². The summed E-state index contributed by atoms with van der Waals surface area (Å²) in [6, 6.07) is 13.4. The quantitative estimate of drug-likeness (QED) is 0.511. The number of halogens is 2. The molecule has 1 aromatic heterocycles. The van der Waals surface area contributed by atoms with Crippen molar-refractivity contribution in [1.82, 2.24) is 10.6 Å². The molecule has 4 rings (SSSR count). The molecule has 2 aromatic carbocycles. The van der Waals surface area contributed by atoms with Gasteiger partial charge < -0.3 is 9.94 Å². The predicted molar refractivity (Wildman–Crippen MR) is 110 cm³/mol. The number of aliphatic hydroxyl groups excluding tert-OH is 1. The van der Waals surface area contributed by atoms with E-state index >= 15 is 0 Å². The molecule has 1 aliphatic rings. The van der Waals surface area contributed by atoms with Crippen molar-refractivity contribution in [2.75, 3.05) is 5.01 Å². The Labute approximate surface area is 178 Å². The zero-order chi connectivity index (χ0) is 20.4. The molecule has 0 spiro atoms. The Morgan fingerprint density at radius 1 is 1.17 bits per heavy atom. The minimum atomic E-state index is -0.580. The first kappa shape index (κ1) is 19.3. The number of hydrogen-bond acceptors (Lipinski definition) is 8. The van der Waals surface area contributed by atoms with Gasteiger partial charge in [-0.1, -0.05) is 40.9 Å². The lowest BCUT2D eigenvalue weighted by Gasteiger charge is -2.17. The number of rotatable bonds is 4. The number of nitrogens with zero attached hydrogens (tertiary/aromatic N) is 4. The maximum atomic E-state index is 12.2. The van der Waals surface area contributed by atoms with Gasteiger partial charge in [0.05, 0.1) is 16.3 Å². The number of anilines is 1. The minimum Gasteiger partial charge on any atom is -0.478 e. The third kappa shape index (κ3) is 4.08. The van der Waals surface area contributed by atoms with Crippen LogP contribution in [-0.2, 0) is 4.84 Å². The molecule has 3 aromatic rings. The van der Waals surface area contributed by atoms with E-state index in [0.717, 1.165) is 11.3 Å². The van der Waals surface area contributed by atoms with Crippen molar-refractivity contribution in [3.8, 4) is 0 Å². The summed E-state index contributed by atoms with van der Waals surface area (Å²) < 4.78 is 0. The molecule has 2 heterocycles. The number of aromatic nitrogens is 1. The summed E-state index contributed by atoms with van der Waals surface area (Å²) in [6.07, 6.45) is 0. The highest BCUT2D eigenvalue weighted by atomic mass is 35.5. The van der Waals surface area contributed by atoms with Gasteiger partial charge in [-0.05, 0) is 36.4 Å². The van der Waals surface area contributed by atoms with Crippen molar-refractivity contribution in [3.05, 3.63) is 81.2 Å². The highest BCUT2D eigenvalue weighted by Gasteiger charge is 2.29. The van der Waals surface area contributed by atoms with Crippen LogP contribution in [0.3, 0.4) is 0 Å².